The van der Waals surface area contributed by atoms with Crippen molar-refractivity contribution in [3.05, 3.63) is 18.3 Å². The maximum Gasteiger partial charge on any atom is 0.234 e. The van der Waals surface area contributed by atoms with Crippen molar-refractivity contribution in [2.75, 3.05) is 49.6 Å². The quantitative estimate of drug-likeness (QED) is 0.882. The van der Waals surface area contributed by atoms with E-state index in [1.165, 1.54) is 19.3 Å². The normalized spacial score (nSPS) is 30.0. The van der Waals surface area contributed by atoms with Gasteiger partial charge in [-0.25, -0.2) is 4.98 Å². The van der Waals surface area contributed by atoms with Gasteiger partial charge >= 0.3 is 0 Å². The van der Waals surface area contributed by atoms with Crippen LogP contribution >= 0.6 is 0 Å². The van der Waals surface area contributed by atoms with Crippen molar-refractivity contribution in [1.82, 2.24) is 10.3 Å². The van der Waals surface area contributed by atoms with Crippen molar-refractivity contribution in [3.63, 3.8) is 0 Å². The van der Waals surface area contributed by atoms with Crippen molar-refractivity contribution in [3.8, 4) is 0 Å². The van der Waals surface area contributed by atoms with E-state index < -0.39 is 5.41 Å². The van der Waals surface area contributed by atoms with Gasteiger partial charge in [0.05, 0.1) is 12.0 Å². The lowest BCUT2D eigenvalue weighted by atomic mass is 9.75. The van der Waals surface area contributed by atoms with Crippen LogP contribution in [0.15, 0.2) is 18.3 Å². The fourth-order valence-electron chi connectivity index (χ4n) is 4.22. The third-order valence-corrected chi connectivity index (χ3v) is 5.72. The molecule has 3 aliphatic heterocycles. The molecule has 6 heteroatoms. The van der Waals surface area contributed by atoms with Gasteiger partial charge in [-0.3, -0.25) is 4.79 Å². The minimum atomic E-state index is -0.424. The van der Waals surface area contributed by atoms with Crippen molar-refractivity contribution in [1.29, 1.82) is 0 Å². The van der Waals surface area contributed by atoms with Crippen LogP contribution in [-0.2, 0) is 9.53 Å². The molecule has 1 aromatic heterocycles. The monoisotopic (exact) mass is 330 g/mol. The van der Waals surface area contributed by atoms with Crippen LogP contribution in [0.4, 0.5) is 11.5 Å². The summed E-state index contributed by atoms with van der Waals surface area (Å²) in [5.41, 5.74) is 0.411. The van der Waals surface area contributed by atoms with E-state index in [2.05, 4.69) is 20.5 Å². The number of nitrogens with zero attached hydrogens (tertiary/aromatic N) is 2. The Bertz CT molecular complexity index is 602. The van der Waals surface area contributed by atoms with E-state index in [-0.39, 0.29) is 5.91 Å². The van der Waals surface area contributed by atoms with Gasteiger partial charge in [0.15, 0.2) is 0 Å². The zero-order valence-electron chi connectivity index (χ0n) is 14.1. The van der Waals surface area contributed by atoms with Crippen LogP contribution in [0.3, 0.4) is 0 Å². The molecule has 0 saturated carbocycles. The summed E-state index contributed by atoms with van der Waals surface area (Å²) in [5.74, 6) is 1.41. The van der Waals surface area contributed by atoms with Gasteiger partial charge in [-0.2, -0.15) is 0 Å². The number of hydrogen-bond donors (Lipinski definition) is 2. The van der Waals surface area contributed by atoms with Crippen molar-refractivity contribution in [2.45, 2.75) is 25.7 Å². The highest BCUT2D eigenvalue weighted by atomic mass is 16.5. The Labute approximate surface area is 143 Å². The number of piperidine rings is 1. The molecule has 0 bridgehead atoms. The average Bonchev–Trinajstić information content (AvgIpc) is 3.08. The smallest absolute Gasteiger partial charge is 0.234 e. The standard InChI is InChI=1S/C18H26N4O2/c23-17(18-12-19-11-14(18)5-9-24-13-18)21-15-4-6-20-16(10-15)22-7-2-1-3-8-22/h4,6,10,14,19H,1-3,5,7-9,11-13H2,(H,20,21,23)/t14-,18+/m1/s1. The van der Waals surface area contributed by atoms with Gasteiger partial charge in [0.1, 0.15) is 5.82 Å². The average molecular weight is 330 g/mol. The summed E-state index contributed by atoms with van der Waals surface area (Å²) in [6, 6.07) is 3.88. The number of nitrogens with one attached hydrogen (secondary N) is 2. The highest BCUT2D eigenvalue weighted by Crippen LogP contribution is 2.38. The second kappa shape index (κ2) is 6.69. The number of hydrogen-bond acceptors (Lipinski definition) is 5. The number of ether oxygens (including phenoxy) is 1. The fourth-order valence-corrected chi connectivity index (χ4v) is 4.22. The maximum atomic E-state index is 13.0. The third kappa shape index (κ3) is 2.89. The fraction of sp³-hybridized carbons (Fsp3) is 0.667. The van der Waals surface area contributed by atoms with E-state index in [0.29, 0.717) is 19.1 Å². The number of carbonyl (C=O) groups is 1. The molecule has 0 aliphatic carbocycles. The summed E-state index contributed by atoms with van der Waals surface area (Å²) in [6.07, 6.45) is 6.47. The van der Waals surface area contributed by atoms with Crippen molar-refractivity contribution >= 4 is 17.4 Å². The summed E-state index contributed by atoms with van der Waals surface area (Å²) >= 11 is 0. The summed E-state index contributed by atoms with van der Waals surface area (Å²) in [4.78, 5) is 19.8. The zero-order valence-corrected chi connectivity index (χ0v) is 14.1. The molecule has 6 nitrogen and oxygen atoms in total. The molecule has 2 N–H and O–H groups in total. The van der Waals surface area contributed by atoms with Crippen LogP contribution in [0.2, 0.25) is 0 Å². The molecule has 3 saturated heterocycles. The highest BCUT2D eigenvalue weighted by molar-refractivity contribution is 5.96. The Morgan fingerprint density at radius 1 is 1.38 bits per heavy atom. The van der Waals surface area contributed by atoms with Gasteiger partial charge in [-0.15, -0.1) is 0 Å². The molecule has 3 aliphatic rings. The second-order valence-corrected chi connectivity index (χ2v) is 7.23. The van der Waals surface area contributed by atoms with E-state index >= 15 is 0 Å². The molecule has 0 spiro atoms. The second-order valence-electron chi connectivity index (χ2n) is 7.23. The SMILES string of the molecule is O=C(Nc1ccnc(N2CCCCC2)c1)[C@]12CNC[C@H]1CCOC2. The van der Waals surface area contributed by atoms with E-state index in [1.54, 1.807) is 6.20 Å². The molecule has 1 amide bonds. The molecule has 24 heavy (non-hydrogen) atoms. The first-order valence-corrected chi connectivity index (χ1v) is 9.09. The van der Waals surface area contributed by atoms with E-state index in [9.17, 15) is 4.79 Å². The molecule has 4 heterocycles. The van der Waals surface area contributed by atoms with Gasteiger partial charge in [0.25, 0.3) is 0 Å². The predicted octanol–water partition coefficient (Wildman–Crippen LogP) is 1.64. The zero-order chi connectivity index (χ0) is 16.4. The van der Waals surface area contributed by atoms with Crippen molar-refractivity contribution in [2.24, 2.45) is 11.3 Å². The number of anilines is 2. The molecule has 130 valence electrons. The first kappa shape index (κ1) is 15.8. The van der Waals surface area contributed by atoms with Crippen molar-refractivity contribution < 1.29 is 9.53 Å². The topological polar surface area (TPSA) is 66.5 Å². The number of amides is 1. The Kier molecular flexibility index (Phi) is 4.41. The van der Waals surface area contributed by atoms with Gasteiger partial charge in [-0.05, 0) is 44.2 Å². The van der Waals surface area contributed by atoms with Gasteiger partial charge in [-0.1, -0.05) is 0 Å². The number of pyridine rings is 1. The Morgan fingerprint density at radius 3 is 3.12 bits per heavy atom. The number of rotatable bonds is 3. The summed E-state index contributed by atoms with van der Waals surface area (Å²) in [6.45, 7) is 4.98. The Morgan fingerprint density at radius 2 is 2.25 bits per heavy atom. The minimum absolute atomic E-state index is 0.0768. The number of fused-ring (bicyclic) bond motifs is 1. The van der Waals surface area contributed by atoms with Crippen LogP contribution < -0.4 is 15.5 Å². The summed E-state index contributed by atoms with van der Waals surface area (Å²) in [5, 5.41) is 6.50. The lowest BCUT2D eigenvalue weighted by Gasteiger charge is -2.36. The first-order chi connectivity index (χ1) is 11.8. The van der Waals surface area contributed by atoms with Gasteiger partial charge in [0.2, 0.25) is 5.91 Å². The molecule has 4 rings (SSSR count). The first-order valence-electron chi connectivity index (χ1n) is 9.09. The molecule has 2 atom stereocenters. The van der Waals surface area contributed by atoms with Crippen LogP contribution in [0.5, 0.6) is 0 Å². The van der Waals surface area contributed by atoms with Gasteiger partial charge in [0, 0.05) is 44.2 Å². The largest absolute Gasteiger partial charge is 0.380 e. The summed E-state index contributed by atoms with van der Waals surface area (Å²) < 4.78 is 5.64. The molecule has 1 aromatic rings. The highest BCUT2D eigenvalue weighted by Gasteiger charge is 2.50. The molecule has 0 radical (unpaired) electrons. The lowest BCUT2D eigenvalue weighted by Crippen LogP contribution is -2.49. The van der Waals surface area contributed by atoms with Crippen LogP contribution in [-0.4, -0.2) is 50.3 Å². The molecule has 3 fully saturated rings. The molecule has 0 aromatic carbocycles. The molecular formula is C18H26N4O2. The van der Waals surface area contributed by atoms with Crippen LogP contribution in [0.25, 0.3) is 0 Å². The number of carbonyl (C=O) groups excluding carboxylic acids is 1. The van der Waals surface area contributed by atoms with E-state index in [0.717, 1.165) is 44.2 Å². The lowest BCUT2D eigenvalue weighted by molar-refractivity contribution is -0.135. The summed E-state index contributed by atoms with van der Waals surface area (Å²) in [7, 11) is 0. The van der Waals surface area contributed by atoms with Gasteiger partial charge < -0.3 is 20.3 Å². The Balaban J connectivity index is 1.49. The van der Waals surface area contributed by atoms with E-state index in [1.807, 2.05) is 12.1 Å². The predicted molar refractivity (Wildman–Crippen MR) is 93.2 cm³/mol. The van der Waals surface area contributed by atoms with Crippen LogP contribution in [0.1, 0.15) is 25.7 Å². The molecule has 0 unspecified atom stereocenters. The third-order valence-electron chi connectivity index (χ3n) is 5.72. The minimum Gasteiger partial charge on any atom is -0.380 e. The Hall–Kier alpha value is -1.66. The maximum absolute atomic E-state index is 13.0. The number of aromatic nitrogens is 1. The van der Waals surface area contributed by atoms with E-state index in [4.69, 9.17) is 4.74 Å². The molecular weight excluding hydrogens is 304 g/mol. The van der Waals surface area contributed by atoms with Crippen LogP contribution in [0, 0.1) is 11.3 Å².